The van der Waals surface area contributed by atoms with Gasteiger partial charge in [0.15, 0.2) is 0 Å². The second-order valence-electron chi connectivity index (χ2n) is 2.88. The third-order valence-electron chi connectivity index (χ3n) is 1.85. The zero-order chi connectivity index (χ0) is 11.4. The van der Waals surface area contributed by atoms with E-state index in [1.54, 1.807) is 6.92 Å². The van der Waals surface area contributed by atoms with Crippen LogP contribution in [0.1, 0.15) is 23.0 Å². The van der Waals surface area contributed by atoms with E-state index in [4.69, 9.17) is 10.4 Å². The number of nitrogens with one attached hydrogen (secondary N) is 1. The smallest absolute Gasteiger partial charge is 0.341 e. The summed E-state index contributed by atoms with van der Waals surface area (Å²) >= 11 is 0. The van der Waals surface area contributed by atoms with Crippen molar-refractivity contribution in [2.24, 2.45) is 0 Å². The number of pyridine rings is 1. The second kappa shape index (κ2) is 4.24. The van der Waals surface area contributed by atoms with E-state index in [-0.39, 0.29) is 5.56 Å². The van der Waals surface area contributed by atoms with E-state index in [9.17, 15) is 9.59 Å². The molecule has 0 amide bonds. The Labute approximate surface area is 85.3 Å². The van der Waals surface area contributed by atoms with E-state index in [1.165, 1.54) is 18.2 Å². The lowest BCUT2D eigenvalue weighted by Crippen LogP contribution is -2.18. The molecule has 5 nitrogen and oxygen atoms in total. The molecule has 0 aliphatic carbocycles. The van der Waals surface area contributed by atoms with Gasteiger partial charge >= 0.3 is 5.97 Å². The van der Waals surface area contributed by atoms with Crippen molar-refractivity contribution < 1.29 is 9.90 Å². The third-order valence-corrected chi connectivity index (χ3v) is 1.85. The Morgan fingerprint density at radius 1 is 1.60 bits per heavy atom. The van der Waals surface area contributed by atoms with Gasteiger partial charge in [0.2, 0.25) is 0 Å². The molecule has 1 rings (SSSR count). The number of carboxylic acids is 1. The summed E-state index contributed by atoms with van der Waals surface area (Å²) in [7, 11) is 0. The molecule has 0 aromatic carbocycles. The largest absolute Gasteiger partial charge is 0.477 e. The van der Waals surface area contributed by atoms with Crippen LogP contribution >= 0.6 is 0 Å². The average molecular weight is 204 g/mol. The fourth-order valence-electron chi connectivity index (χ4n) is 1.05. The van der Waals surface area contributed by atoms with Gasteiger partial charge in [-0.1, -0.05) is 0 Å². The number of carboxylic acid groups (broad SMARTS) is 1. The van der Waals surface area contributed by atoms with Crippen LogP contribution in [0, 0.1) is 11.3 Å². The average Bonchev–Trinajstić information content (AvgIpc) is 2.17. The second-order valence-corrected chi connectivity index (χ2v) is 2.88. The third kappa shape index (κ3) is 2.31. The number of hydrogen-bond donors (Lipinski definition) is 2. The maximum atomic E-state index is 11.2. The first kappa shape index (κ1) is 10.7. The predicted octanol–water partition coefficient (Wildman–Crippen LogP) is 1.000. The highest BCUT2D eigenvalue weighted by Crippen LogP contribution is 2.08. The summed E-state index contributed by atoms with van der Waals surface area (Å²) in [5.41, 5.74) is 0.0206. The monoisotopic (exact) mass is 204 g/mol. The Bertz CT molecular complexity index is 520. The van der Waals surface area contributed by atoms with Crippen LogP contribution in [0.4, 0.5) is 0 Å². The molecule has 0 aliphatic rings. The Morgan fingerprint density at radius 3 is 2.73 bits per heavy atom. The van der Waals surface area contributed by atoms with Crippen molar-refractivity contribution in [1.82, 2.24) is 4.98 Å². The lowest BCUT2D eigenvalue weighted by atomic mass is 10.1. The molecular weight excluding hydrogens is 196 g/mol. The number of nitrogens with zero attached hydrogens (tertiary/aromatic N) is 1. The first-order chi connectivity index (χ1) is 7.06. The van der Waals surface area contributed by atoms with Crippen molar-refractivity contribution >= 4 is 11.5 Å². The van der Waals surface area contributed by atoms with Crippen molar-refractivity contribution in [1.29, 1.82) is 5.26 Å². The molecule has 0 aliphatic heterocycles. The normalized spacial score (nSPS) is 10.8. The minimum Gasteiger partial charge on any atom is -0.477 e. The minimum absolute atomic E-state index is 0.316. The van der Waals surface area contributed by atoms with Crippen molar-refractivity contribution in [2.45, 2.75) is 6.92 Å². The molecule has 0 bridgehead atoms. The highest BCUT2D eigenvalue weighted by molar-refractivity contribution is 5.87. The van der Waals surface area contributed by atoms with Gasteiger partial charge in [-0.2, -0.15) is 5.26 Å². The number of aromatic carboxylic acids is 1. The van der Waals surface area contributed by atoms with E-state index in [1.807, 2.05) is 6.07 Å². The summed E-state index contributed by atoms with van der Waals surface area (Å²) in [4.78, 5) is 24.2. The van der Waals surface area contributed by atoms with E-state index in [0.29, 0.717) is 11.3 Å². The lowest BCUT2D eigenvalue weighted by Gasteiger charge is -2.00. The molecule has 1 heterocycles. The van der Waals surface area contributed by atoms with E-state index < -0.39 is 11.5 Å². The van der Waals surface area contributed by atoms with Crippen molar-refractivity contribution in [3.63, 3.8) is 0 Å². The highest BCUT2D eigenvalue weighted by Gasteiger charge is 2.08. The summed E-state index contributed by atoms with van der Waals surface area (Å²) in [6, 6.07) is 4.49. The van der Waals surface area contributed by atoms with Gasteiger partial charge in [0.1, 0.15) is 5.56 Å². The van der Waals surface area contributed by atoms with Crippen LogP contribution < -0.4 is 5.56 Å². The number of allylic oxidation sites excluding steroid dienone is 2. The molecule has 0 fully saturated rings. The summed E-state index contributed by atoms with van der Waals surface area (Å²) in [5, 5.41) is 17.0. The number of H-pyrrole nitrogens is 1. The standard InChI is InChI=1S/C10H8N2O3/c1-6(4-5-11)8-3-2-7(10(14)15)9(13)12-8/h2-4H,1H3,(H,12,13)(H,14,15)/b6-4+. The van der Waals surface area contributed by atoms with Crippen molar-refractivity contribution in [3.8, 4) is 6.07 Å². The summed E-state index contributed by atoms with van der Waals surface area (Å²) in [6.45, 7) is 1.65. The number of carbonyl (C=O) groups is 1. The summed E-state index contributed by atoms with van der Waals surface area (Å²) in [5.74, 6) is -1.27. The van der Waals surface area contributed by atoms with Gasteiger partial charge in [-0.25, -0.2) is 4.79 Å². The first-order valence-electron chi connectivity index (χ1n) is 4.09. The zero-order valence-corrected chi connectivity index (χ0v) is 7.94. The van der Waals surface area contributed by atoms with Gasteiger partial charge in [-0.05, 0) is 24.6 Å². The van der Waals surface area contributed by atoms with E-state index >= 15 is 0 Å². The van der Waals surface area contributed by atoms with Crippen LogP contribution in [0.25, 0.3) is 5.57 Å². The van der Waals surface area contributed by atoms with Gasteiger partial charge in [-0.3, -0.25) is 4.79 Å². The summed E-state index contributed by atoms with van der Waals surface area (Å²) in [6.07, 6.45) is 1.27. The molecule has 76 valence electrons. The number of hydrogen-bond acceptors (Lipinski definition) is 3. The molecule has 15 heavy (non-hydrogen) atoms. The van der Waals surface area contributed by atoms with Gasteiger partial charge < -0.3 is 10.1 Å². The maximum absolute atomic E-state index is 11.2. The van der Waals surface area contributed by atoms with E-state index in [2.05, 4.69) is 4.98 Å². The van der Waals surface area contributed by atoms with Crippen LogP contribution in [0.15, 0.2) is 23.0 Å². The molecule has 0 unspecified atom stereocenters. The lowest BCUT2D eigenvalue weighted by molar-refractivity contribution is 0.0695. The molecular formula is C10H8N2O3. The molecule has 1 aromatic heterocycles. The molecule has 2 N–H and O–H groups in total. The Morgan fingerprint density at radius 2 is 2.27 bits per heavy atom. The van der Waals surface area contributed by atoms with Crippen LogP contribution in [-0.2, 0) is 0 Å². The SMILES string of the molecule is C/C(=C\C#N)c1ccc(C(=O)O)c(=O)[nH]1. The minimum atomic E-state index is -1.27. The van der Waals surface area contributed by atoms with Crippen LogP contribution in [0.5, 0.6) is 0 Å². The zero-order valence-electron chi connectivity index (χ0n) is 7.94. The van der Waals surface area contributed by atoms with E-state index in [0.717, 1.165) is 0 Å². The Kier molecular flexibility index (Phi) is 3.03. The van der Waals surface area contributed by atoms with Gasteiger partial charge in [0.25, 0.3) is 5.56 Å². The number of nitriles is 1. The highest BCUT2D eigenvalue weighted by atomic mass is 16.4. The van der Waals surface area contributed by atoms with Gasteiger partial charge in [0, 0.05) is 11.8 Å². The van der Waals surface area contributed by atoms with Crippen LogP contribution in [-0.4, -0.2) is 16.1 Å². The van der Waals surface area contributed by atoms with Crippen LogP contribution in [0.3, 0.4) is 0 Å². The number of aromatic amines is 1. The number of rotatable bonds is 2. The van der Waals surface area contributed by atoms with Crippen molar-refractivity contribution in [2.75, 3.05) is 0 Å². The fourth-order valence-corrected chi connectivity index (χ4v) is 1.05. The van der Waals surface area contributed by atoms with Gasteiger partial charge in [-0.15, -0.1) is 0 Å². The molecule has 0 atom stereocenters. The van der Waals surface area contributed by atoms with Crippen LogP contribution in [0.2, 0.25) is 0 Å². The fraction of sp³-hybridized carbons (Fsp3) is 0.100. The molecule has 1 aromatic rings. The quantitative estimate of drug-likeness (QED) is 0.702. The topological polar surface area (TPSA) is 93.9 Å². The molecule has 0 radical (unpaired) electrons. The molecule has 0 spiro atoms. The Hall–Kier alpha value is -2.35. The van der Waals surface area contributed by atoms with Crippen molar-refractivity contribution in [3.05, 3.63) is 39.8 Å². The first-order valence-corrected chi connectivity index (χ1v) is 4.09. The Balaban J connectivity index is 3.26. The molecule has 0 saturated heterocycles. The number of aromatic nitrogens is 1. The van der Waals surface area contributed by atoms with Gasteiger partial charge in [0.05, 0.1) is 6.07 Å². The predicted molar refractivity (Wildman–Crippen MR) is 53.3 cm³/mol. The summed E-state index contributed by atoms with van der Waals surface area (Å²) < 4.78 is 0. The molecule has 0 saturated carbocycles. The maximum Gasteiger partial charge on any atom is 0.341 e. The molecule has 5 heteroatoms.